The van der Waals surface area contributed by atoms with E-state index in [2.05, 4.69) is 11.1 Å². The summed E-state index contributed by atoms with van der Waals surface area (Å²) in [5.74, 6) is 1.73. The van der Waals surface area contributed by atoms with Crippen LogP contribution in [0.4, 0.5) is 0 Å². The average Bonchev–Trinajstić information content (AvgIpc) is 2.59. The lowest BCUT2D eigenvalue weighted by Gasteiger charge is -2.09. The van der Waals surface area contributed by atoms with Crippen LogP contribution >= 0.6 is 11.6 Å². The molecule has 0 saturated heterocycles. The van der Waals surface area contributed by atoms with Crippen LogP contribution in [-0.2, 0) is 0 Å². The third-order valence-corrected chi connectivity index (χ3v) is 4.03. The molecular formula is C14H17ClN2. The minimum absolute atomic E-state index is 0.598. The summed E-state index contributed by atoms with van der Waals surface area (Å²) in [5, 5.41) is 0.749. The Kier molecular flexibility index (Phi) is 3.06. The summed E-state index contributed by atoms with van der Waals surface area (Å²) in [6.45, 7) is 0. The first-order valence-corrected chi connectivity index (χ1v) is 6.86. The number of imidazole rings is 1. The number of nitrogens with zero attached hydrogens (tertiary/aromatic N) is 1. The van der Waals surface area contributed by atoms with E-state index in [9.17, 15) is 0 Å². The highest BCUT2D eigenvalue weighted by atomic mass is 35.5. The molecule has 0 bridgehead atoms. The number of aromatic nitrogens is 2. The SMILES string of the molecule is Clc1cccc2[nH]c(C3CCCCCC3)nc12. The molecule has 1 heterocycles. The third-order valence-electron chi connectivity index (χ3n) is 3.72. The Balaban J connectivity index is 1.96. The van der Waals surface area contributed by atoms with Crippen LogP contribution in [0.25, 0.3) is 11.0 Å². The van der Waals surface area contributed by atoms with Gasteiger partial charge in [0.15, 0.2) is 0 Å². The van der Waals surface area contributed by atoms with Gasteiger partial charge in [0.05, 0.1) is 10.5 Å². The fraction of sp³-hybridized carbons (Fsp3) is 0.500. The molecule has 1 aliphatic rings. The third kappa shape index (κ3) is 2.19. The van der Waals surface area contributed by atoms with Crippen LogP contribution < -0.4 is 0 Å². The summed E-state index contributed by atoms with van der Waals surface area (Å²) in [4.78, 5) is 8.13. The maximum atomic E-state index is 6.16. The molecule has 1 aliphatic carbocycles. The van der Waals surface area contributed by atoms with Crippen LogP contribution in [0.15, 0.2) is 18.2 Å². The largest absolute Gasteiger partial charge is 0.342 e. The Bertz CT molecular complexity index is 510. The molecule has 0 amide bonds. The van der Waals surface area contributed by atoms with E-state index >= 15 is 0 Å². The van der Waals surface area contributed by atoms with E-state index in [1.807, 2.05) is 12.1 Å². The van der Waals surface area contributed by atoms with E-state index in [1.54, 1.807) is 0 Å². The molecule has 1 fully saturated rings. The van der Waals surface area contributed by atoms with Crippen molar-refractivity contribution in [3.8, 4) is 0 Å². The Morgan fingerprint density at radius 2 is 1.88 bits per heavy atom. The fourth-order valence-corrected chi connectivity index (χ4v) is 2.98. The van der Waals surface area contributed by atoms with Crippen LogP contribution in [0.3, 0.4) is 0 Å². The molecule has 0 aliphatic heterocycles. The summed E-state index contributed by atoms with van der Waals surface area (Å²) in [7, 11) is 0. The van der Waals surface area contributed by atoms with Gasteiger partial charge in [0.1, 0.15) is 11.3 Å². The van der Waals surface area contributed by atoms with Crippen LogP contribution in [0.2, 0.25) is 5.02 Å². The number of nitrogens with one attached hydrogen (secondary N) is 1. The van der Waals surface area contributed by atoms with Crippen molar-refractivity contribution >= 4 is 22.6 Å². The number of benzene rings is 1. The van der Waals surface area contributed by atoms with Gasteiger partial charge in [-0.05, 0) is 25.0 Å². The van der Waals surface area contributed by atoms with Crippen molar-refractivity contribution in [1.82, 2.24) is 9.97 Å². The lowest BCUT2D eigenvalue weighted by atomic mass is 10.00. The van der Waals surface area contributed by atoms with Gasteiger partial charge in [-0.25, -0.2) is 4.98 Å². The van der Waals surface area contributed by atoms with Crippen LogP contribution in [0, 0.1) is 0 Å². The monoisotopic (exact) mass is 248 g/mol. The van der Waals surface area contributed by atoms with Crippen LogP contribution in [0.5, 0.6) is 0 Å². The number of hydrogen-bond acceptors (Lipinski definition) is 1. The molecular weight excluding hydrogens is 232 g/mol. The highest BCUT2D eigenvalue weighted by molar-refractivity contribution is 6.34. The van der Waals surface area contributed by atoms with Crippen LogP contribution in [0.1, 0.15) is 50.3 Å². The van der Waals surface area contributed by atoms with Crippen molar-refractivity contribution in [2.75, 3.05) is 0 Å². The molecule has 17 heavy (non-hydrogen) atoms. The van der Waals surface area contributed by atoms with Crippen molar-refractivity contribution in [2.45, 2.75) is 44.4 Å². The first-order chi connectivity index (χ1) is 8.34. The summed E-state index contributed by atoms with van der Waals surface area (Å²) in [5.41, 5.74) is 1.99. The summed E-state index contributed by atoms with van der Waals surface area (Å²) < 4.78 is 0. The number of H-pyrrole nitrogens is 1. The van der Waals surface area contributed by atoms with Crippen molar-refractivity contribution in [3.05, 3.63) is 29.0 Å². The number of halogens is 1. The number of fused-ring (bicyclic) bond motifs is 1. The quantitative estimate of drug-likeness (QED) is 0.731. The van der Waals surface area contributed by atoms with E-state index in [0.717, 1.165) is 21.9 Å². The molecule has 3 heteroatoms. The second kappa shape index (κ2) is 4.69. The van der Waals surface area contributed by atoms with Gasteiger partial charge >= 0.3 is 0 Å². The Labute approximate surface area is 106 Å². The first-order valence-electron chi connectivity index (χ1n) is 6.49. The van der Waals surface area contributed by atoms with Gasteiger partial charge in [0.25, 0.3) is 0 Å². The summed E-state index contributed by atoms with van der Waals surface area (Å²) in [6, 6.07) is 5.93. The summed E-state index contributed by atoms with van der Waals surface area (Å²) in [6.07, 6.45) is 7.93. The highest BCUT2D eigenvalue weighted by Crippen LogP contribution is 2.32. The van der Waals surface area contributed by atoms with Crippen molar-refractivity contribution in [3.63, 3.8) is 0 Å². The minimum atomic E-state index is 0.598. The lowest BCUT2D eigenvalue weighted by molar-refractivity contribution is 0.567. The zero-order valence-corrected chi connectivity index (χ0v) is 10.6. The molecule has 0 atom stereocenters. The van der Waals surface area contributed by atoms with Crippen molar-refractivity contribution in [2.24, 2.45) is 0 Å². The van der Waals surface area contributed by atoms with Gasteiger partial charge in [0, 0.05) is 5.92 Å². The molecule has 1 N–H and O–H groups in total. The zero-order chi connectivity index (χ0) is 11.7. The van der Waals surface area contributed by atoms with Gasteiger partial charge in [-0.3, -0.25) is 0 Å². The second-order valence-electron chi connectivity index (χ2n) is 4.95. The first kappa shape index (κ1) is 11.1. The van der Waals surface area contributed by atoms with Gasteiger partial charge < -0.3 is 4.98 Å². The van der Waals surface area contributed by atoms with Gasteiger partial charge in [-0.1, -0.05) is 43.4 Å². The highest BCUT2D eigenvalue weighted by Gasteiger charge is 2.18. The predicted octanol–water partition coefficient (Wildman–Crippen LogP) is 4.65. The number of para-hydroxylation sites is 1. The predicted molar refractivity (Wildman–Crippen MR) is 71.5 cm³/mol. The van der Waals surface area contributed by atoms with Crippen molar-refractivity contribution < 1.29 is 0 Å². The molecule has 0 spiro atoms. The van der Waals surface area contributed by atoms with E-state index < -0.39 is 0 Å². The molecule has 0 radical (unpaired) electrons. The fourth-order valence-electron chi connectivity index (χ4n) is 2.76. The van der Waals surface area contributed by atoms with E-state index in [-0.39, 0.29) is 0 Å². The van der Waals surface area contributed by atoms with E-state index in [4.69, 9.17) is 16.6 Å². The summed E-state index contributed by atoms with van der Waals surface area (Å²) >= 11 is 6.16. The van der Waals surface area contributed by atoms with Gasteiger partial charge in [-0.15, -0.1) is 0 Å². The zero-order valence-electron chi connectivity index (χ0n) is 9.88. The van der Waals surface area contributed by atoms with Crippen LogP contribution in [-0.4, -0.2) is 9.97 Å². The Hall–Kier alpha value is -1.02. The normalized spacial score (nSPS) is 18.4. The maximum absolute atomic E-state index is 6.16. The molecule has 1 aromatic carbocycles. The molecule has 0 unspecified atom stereocenters. The van der Waals surface area contributed by atoms with Gasteiger partial charge in [0.2, 0.25) is 0 Å². The minimum Gasteiger partial charge on any atom is -0.342 e. The molecule has 1 saturated carbocycles. The standard InChI is InChI=1S/C14H17ClN2/c15-11-8-5-9-12-13(11)17-14(16-12)10-6-3-1-2-4-7-10/h5,8-10H,1-4,6-7H2,(H,16,17). The number of rotatable bonds is 1. The molecule has 1 aromatic heterocycles. The topological polar surface area (TPSA) is 28.7 Å². The van der Waals surface area contributed by atoms with Gasteiger partial charge in [-0.2, -0.15) is 0 Å². The Morgan fingerprint density at radius 3 is 2.59 bits per heavy atom. The molecule has 90 valence electrons. The lowest BCUT2D eigenvalue weighted by Crippen LogP contribution is -1.99. The second-order valence-corrected chi connectivity index (χ2v) is 5.35. The number of hydrogen-bond donors (Lipinski definition) is 1. The smallest absolute Gasteiger partial charge is 0.110 e. The van der Waals surface area contributed by atoms with E-state index in [0.29, 0.717) is 5.92 Å². The van der Waals surface area contributed by atoms with E-state index in [1.165, 1.54) is 38.5 Å². The molecule has 2 nitrogen and oxygen atoms in total. The molecule has 2 aromatic rings. The number of aromatic amines is 1. The Morgan fingerprint density at radius 1 is 1.12 bits per heavy atom. The maximum Gasteiger partial charge on any atom is 0.110 e. The average molecular weight is 249 g/mol. The van der Waals surface area contributed by atoms with Crippen molar-refractivity contribution in [1.29, 1.82) is 0 Å². The molecule has 3 rings (SSSR count).